The lowest BCUT2D eigenvalue weighted by molar-refractivity contribution is -0.156. The normalized spacial score (nSPS) is 37.8. The first-order valence-corrected chi connectivity index (χ1v) is 8.77. The zero-order chi connectivity index (χ0) is 17.7. The molecule has 6 heteroatoms. The fourth-order valence-electron chi connectivity index (χ4n) is 4.83. The van der Waals surface area contributed by atoms with Gasteiger partial charge in [-0.15, -0.1) is 0 Å². The number of likely N-dealkylation sites (tertiary alicyclic amines) is 1. The molecule has 1 saturated heterocycles. The van der Waals surface area contributed by atoms with Crippen LogP contribution < -0.4 is 0 Å². The van der Waals surface area contributed by atoms with Crippen LogP contribution in [-0.2, 0) is 20.9 Å². The predicted molar refractivity (Wildman–Crippen MR) is 86.8 cm³/mol. The molecular weight excluding hydrogens is 322 g/mol. The zero-order valence-electron chi connectivity index (χ0n) is 13.7. The highest BCUT2D eigenvalue weighted by atomic mass is 16.3. The maximum atomic E-state index is 13.0. The molecule has 2 saturated carbocycles. The number of aliphatic hydroxyl groups excluding tert-OH is 2. The molecule has 0 radical (unpaired) electrons. The van der Waals surface area contributed by atoms with E-state index in [1.807, 2.05) is 30.3 Å². The van der Waals surface area contributed by atoms with Gasteiger partial charge in [0, 0.05) is 18.3 Å². The molecule has 1 unspecified atom stereocenters. The van der Waals surface area contributed by atoms with Gasteiger partial charge in [-0.2, -0.15) is 0 Å². The minimum absolute atomic E-state index is 0.0738. The van der Waals surface area contributed by atoms with E-state index in [2.05, 4.69) is 0 Å². The SMILES string of the molecule is O=C1C[C@@H](O)C(O)[C@@H]2[C@@H]3C(=O)N(Cc4ccccc4)C(=O)[C@@H]3CC[C@H]12. The summed E-state index contributed by atoms with van der Waals surface area (Å²) in [6, 6.07) is 9.28. The van der Waals surface area contributed by atoms with Crippen molar-refractivity contribution in [2.24, 2.45) is 23.7 Å². The lowest BCUT2D eigenvalue weighted by Gasteiger charge is -2.44. The molecule has 2 aliphatic carbocycles. The number of nitrogens with zero attached hydrogens (tertiary/aromatic N) is 1. The first-order chi connectivity index (χ1) is 12.0. The fraction of sp³-hybridized carbons (Fsp3) is 0.526. The number of ketones is 1. The summed E-state index contributed by atoms with van der Waals surface area (Å²) in [5.41, 5.74) is 0.861. The van der Waals surface area contributed by atoms with Crippen molar-refractivity contribution in [3.05, 3.63) is 35.9 Å². The third-order valence-electron chi connectivity index (χ3n) is 6.03. The molecule has 0 spiro atoms. The molecule has 3 fully saturated rings. The highest BCUT2D eigenvalue weighted by Gasteiger charge is 2.59. The Kier molecular flexibility index (Phi) is 3.96. The monoisotopic (exact) mass is 343 g/mol. The van der Waals surface area contributed by atoms with Crippen molar-refractivity contribution in [3.63, 3.8) is 0 Å². The maximum Gasteiger partial charge on any atom is 0.233 e. The van der Waals surface area contributed by atoms with E-state index in [1.54, 1.807) is 0 Å². The number of carbonyl (C=O) groups is 3. The number of rotatable bonds is 2. The summed E-state index contributed by atoms with van der Waals surface area (Å²) in [6.45, 7) is 0.204. The number of benzene rings is 1. The molecule has 25 heavy (non-hydrogen) atoms. The lowest BCUT2D eigenvalue weighted by atomic mass is 9.60. The third-order valence-corrected chi connectivity index (χ3v) is 6.03. The summed E-state index contributed by atoms with van der Waals surface area (Å²) in [5, 5.41) is 20.4. The van der Waals surface area contributed by atoms with Gasteiger partial charge < -0.3 is 10.2 Å². The Hall–Kier alpha value is -2.05. The smallest absolute Gasteiger partial charge is 0.233 e. The Morgan fingerprint density at radius 3 is 2.36 bits per heavy atom. The summed E-state index contributed by atoms with van der Waals surface area (Å²) in [5.74, 6) is -2.95. The summed E-state index contributed by atoms with van der Waals surface area (Å²) in [6.07, 6.45) is -1.39. The van der Waals surface area contributed by atoms with Gasteiger partial charge in [-0.1, -0.05) is 30.3 Å². The summed E-state index contributed by atoms with van der Waals surface area (Å²) >= 11 is 0. The zero-order valence-corrected chi connectivity index (χ0v) is 13.7. The largest absolute Gasteiger partial charge is 0.390 e. The Morgan fingerprint density at radius 1 is 0.960 bits per heavy atom. The molecule has 1 aromatic carbocycles. The predicted octanol–water partition coefficient (Wildman–Crippen LogP) is 0.509. The highest BCUT2D eigenvalue weighted by Crippen LogP contribution is 2.49. The number of fused-ring (bicyclic) bond motifs is 3. The summed E-state index contributed by atoms with van der Waals surface area (Å²) < 4.78 is 0. The second-order valence-electron chi connectivity index (χ2n) is 7.37. The van der Waals surface area contributed by atoms with E-state index in [-0.39, 0.29) is 30.6 Å². The van der Waals surface area contributed by atoms with Crippen LogP contribution in [0.25, 0.3) is 0 Å². The van der Waals surface area contributed by atoms with E-state index in [9.17, 15) is 24.6 Å². The number of hydrogen-bond donors (Lipinski definition) is 2. The first kappa shape index (κ1) is 16.4. The van der Waals surface area contributed by atoms with Crippen LogP contribution in [0.1, 0.15) is 24.8 Å². The number of aliphatic hydroxyl groups is 2. The van der Waals surface area contributed by atoms with Crippen molar-refractivity contribution in [2.45, 2.75) is 38.0 Å². The summed E-state index contributed by atoms with van der Waals surface area (Å²) in [4.78, 5) is 39.3. The lowest BCUT2D eigenvalue weighted by Crippen LogP contribution is -2.54. The number of Topliss-reactive ketones (excluding diaryl/α,β-unsaturated/α-hetero) is 1. The topological polar surface area (TPSA) is 94.9 Å². The Balaban J connectivity index is 1.64. The van der Waals surface area contributed by atoms with Gasteiger partial charge >= 0.3 is 0 Å². The van der Waals surface area contributed by atoms with Gasteiger partial charge in [0.05, 0.1) is 30.6 Å². The Labute approximate surface area is 145 Å². The minimum Gasteiger partial charge on any atom is -0.390 e. The number of imide groups is 1. The molecule has 1 aliphatic heterocycles. The molecular formula is C19H21NO5. The Morgan fingerprint density at radius 2 is 1.64 bits per heavy atom. The molecule has 4 rings (SSSR count). The van der Waals surface area contributed by atoms with Crippen LogP contribution in [0, 0.1) is 23.7 Å². The summed E-state index contributed by atoms with van der Waals surface area (Å²) in [7, 11) is 0. The number of hydrogen-bond acceptors (Lipinski definition) is 5. The van der Waals surface area contributed by atoms with Gasteiger partial charge in [0.25, 0.3) is 0 Å². The average molecular weight is 343 g/mol. The van der Waals surface area contributed by atoms with Gasteiger partial charge in [0.2, 0.25) is 11.8 Å². The van der Waals surface area contributed by atoms with E-state index >= 15 is 0 Å². The van der Waals surface area contributed by atoms with Crippen molar-refractivity contribution >= 4 is 17.6 Å². The highest BCUT2D eigenvalue weighted by molar-refractivity contribution is 6.06. The van der Waals surface area contributed by atoms with Crippen molar-refractivity contribution in [1.82, 2.24) is 4.90 Å². The van der Waals surface area contributed by atoms with Crippen LogP contribution in [0.3, 0.4) is 0 Å². The van der Waals surface area contributed by atoms with E-state index < -0.39 is 35.9 Å². The van der Waals surface area contributed by atoms with Crippen LogP contribution >= 0.6 is 0 Å². The van der Waals surface area contributed by atoms with E-state index in [1.165, 1.54) is 4.90 Å². The molecule has 1 heterocycles. The van der Waals surface area contributed by atoms with Crippen LogP contribution in [0.4, 0.5) is 0 Å². The molecule has 0 aromatic heterocycles. The molecule has 6 atom stereocenters. The van der Waals surface area contributed by atoms with Crippen molar-refractivity contribution in [2.75, 3.05) is 0 Å². The van der Waals surface area contributed by atoms with Crippen LogP contribution in [0.5, 0.6) is 0 Å². The molecule has 6 nitrogen and oxygen atoms in total. The van der Waals surface area contributed by atoms with Gasteiger partial charge in [-0.05, 0) is 18.4 Å². The van der Waals surface area contributed by atoms with Gasteiger partial charge in [0.1, 0.15) is 5.78 Å². The van der Waals surface area contributed by atoms with Gasteiger partial charge in [-0.25, -0.2) is 0 Å². The number of carbonyl (C=O) groups excluding carboxylic acids is 3. The number of amides is 2. The van der Waals surface area contributed by atoms with Crippen molar-refractivity contribution in [1.29, 1.82) is 0 Å². The quantitative estimate of drug-likeness (QED) is 0.763. The van der Waals surface area contributed by atoms with E-state index in [4.69, 9.17) is 0 Å². The fourth-order valence-corrected chi connectivity index (χ4v) is 4.83. The van der Waals surface area contributed by atoms with E-state index in [0.717, 1.165) is 5.56 Å². The molecule has 2 amide bonds. The average Bonchev–Trinajstić information content (AvgIpc) is 2.85. The first-order valence-electron chi connectivity index (χ1n) is 8.77. The molecule has 3 aliphatic rings. The van der Waals surface area contributed by atoms with Crippen LogP contribution in [0.2, 0.25) is 0 Å². The van der Waals surface area contributed by atoms with Crippen molar-refractivity contribution in [3.8, 4) is 0 Å². The van der Waals surface area contributed by atoms with Crippen LogP contribution in [0.15, 0.2) is 30.3 Å². The molecule has 2 N–H and O–H groups in total. The van der Waals surface area contributed by atoms with Crippen molar-refractivity contribution < 1.29 is 24.6 Å². The standard InChI is InChI=1S/C19H21NO5/c21-13-8-14(22)17(23)15-11(13)6-7-12-16(15)19(25)20(18(12)24)9-10-4-2-1-3-5-10/h1-5,11-12,14-17,22-23H,6-9H2/t11-,12-,14-,15+,16-,17?/m1/s1. The molecule has 132 valence electrons. The Bertz CT molecular complexity index is 718. The van der Waals surface area contributed by atoms with Crippen LogP contribution in [-0.4, -0.2) is 44.9 Å². The van der Waals surface area contributed by atoms with Gasteiger partial charge in [0.15, 0.2) is 0 Å². The molecule has 0 bridgehead atoms. The second-order valence-corrected chi connectivity index (χ2v) is 7.37. The molecule has 1 aromatic rings. The van der Waals surface area contributed by atoms with Gasteiger partial charge in [-0.3, -0.25) is 19.3 Å². The van der Waals surface area contributed by atoms with E-state index in [0.29, 0.717) is 12.8 Å². The minimum atomic E-state index is -1.15. The second kappa shape index (κ2) is 6.04. The maximum absolute atomic E-state index is 13.0. The third kappa shape index (κ3) is 2.51.